The topological polar surface area (TPSA) is 74.3 Å². The van der Waals surface area contributed by atoms with Gasteiger partial charge in [0.25, 0.3) is 0 Å². The van der Waals surface area contributed by atoms with E-state index in [1.54, 1.807) is 18.2 Å². The Morgan fingerprint density at radius 1 is 1.14 bits per heavy atom. The first-order valence-electron chi connectivity index (χ1n) is 6.47. The number of pyridine rings is 1. The van der Waals surface area contributed by atoms with Crippen LogP contribution in [0.5, 0.6) is 0 Å². The summed E-state index contributed by atoms with van der Waals surface area (Å²) >= 11 is 6.07. The average molecular weight is 341 g/mol. The number of nitrogens with zero attached hydrogens (tertiary/aromatic N) is 2. The zero-order valence-electron chi connectivity index (χ0n) is 12.5. The van der Waals surface area contributed by atoms with Crippen LogP contribution in [0.2, 0.25) is 5.02 Å². The van der Waals surface area contributed by atoms with Gasteiger partial charge in [-0.1, -0.05) is 17.7 Å². The fourth-order valence-electron chi connectivity index (χ4n) is 1.59. The summed E-state index contributed by atoms with van der Waals surface area (Å²) in [6.07, 6.45) is 1.44. The second kappa shape index (κ2) is 6.51. The van der Waals surface area contributed by atoms with Crippen molar-refractivity contribution in [3.8, 4) is 0 Å². The van der Waals surface area contributed by atoms with Crippen LogP contribution in [0, 0.1) is 6.92 Å². The summed E-state index contributed by atoms with van der Waals surface area (Å²) in [5.41, 5.74) is 2.19. The molecule has 6 nitrogen and oxygen atoms in total. The summed E-state index contributed by atoms with van der Waals surface area (Å²) in [5.74, 6) is 0.590. The van der Waals surface area contributed by atoms with Gasteiger partial charge in [0.1, 0.15) is 5.82 Å². The lowest BCUT2D eigenvalue weighted by atomic mass is 10.2. The maximum Gasteiger partial charge on any atom is 0.301 e. The van der Waals surface area contributed by atoms with E-state index in [1.807, 2.05) is 19.1 Å². The van der Waals surface area contributed by atoms with Gasteiger partial charge in [-0.2, -0.15) is 12.7 Å². The van der Waals surface area contributed by atoms with Gasteiger partial charge in [0.15, 0.2) is 0 Å². The molecule has 0 aliphatic rings. The van der Waals surface area contributed by atoms with E-state index in [2.05, 4.69) is 15.0 Å². The van der Waals surface area contributed by atoms with Crippen LogP contribution in [0.3, 0.4) is 0 Å². The average Bonchev–Trinajstić information content (AvgIpc) is 2.44. The Hall–Kier alpha value is -1.83. The van der Waals surface area contributed by atoms with Gasteiger partial charge in [0.2, 0.25) is 0 Å². The maximum atomic E-state index is 11.7. The third-order valence-corrected chi connectivity index (χ3v) is 4.80. The summed E-state index contributed by atoms with van der Waals surface area (Å²) in [5, 5.41) is 3.77. The van der Waals surface area contributed by atoms with Crippen molar-refractivity contribution < 1.29 is 8.42 Å². The summed E-state index contributed by atoms with van der Waals surface area (Å²) in [4.78, 5) is 4.17. The van der Waals surface area contributed by atoms with Crippen molar-refractivity contribution in [3.63, 3.8) is 0 Å². The molecule has 0 spiro atoms. The second-order valence-corrected chi connectivity index (χ2v) is 7.20. The second-order valence-electron chi connectivity index (χ2n) is 4.91. The lowest BCUT2D eigenvalue weighted by molar-refractivity contribution is 0.527. The molecule has 2 rings (SSSR count). The van der Waals surface area contributed by atoms with Crippen molar-refractivity contribution >= 4 is 39.0 Å². The van der Waals surface area contributed by atoms with Gasteiger partial charge in [-0.25, -0.2) is 4.98 Å². The number of benzene rings is 1. The summed E-state index contributed by atoms with van der Waals surface area (Å²) in [6.45, 7) is 1.93. The SMILES string of the molecule is Cc1ccc(Nc2ccc(NS(=O)(=O)N(C)C)cn2)cc1Cl. The molecule has 1 aromatic carbocycles. The number of aryl methyl sites for hydroxylation is 1. The molecule has 0 saturated heterocycles. The Morgan fingerprint density at radius 3 is 2.36 bits per heavy atom. The molecular weight excluding hydrogens is 324 g/mol. The van der Waals surface area contributed by atoms with Gasteiger partial charge in [0.05, 0.1) is 11.9 Å². The quantitative estimate of drug-likeness (QED) is 0.877. The van der Waals surface area contributed by atoms with Crippen LogP contribution in [0.25, 0.3) is 0 Å². The number of nitrogens with one attached hydrogen (secondary N) is 2. The Morgan fingerprint density at radius 2 is 1.82 bits per heavy atom. The van der Waals surface area contributed by atoms with Crippen LogP contribution < -0.4 is 10.0 Å². The molecular formula is C14H17ClN4O2S. The molecule has 8 heteroatoms. The zero-order chi connectivity index (χ0) is 16.3. The first kappa shape index (κ1) is 16.5. The number of hydrogen-bond donors (Lipinski definition) is 2. The van der Waals surface area contributed by atoms with Crippen molar-refractivity contribution in [2.45, 2.75) is 6.92 Å². The van der Waals surface area contributed by atoms with E-state index in [0.717, 1.165) is 15.6 Å². The molecule has 118 valence electrons. The maximum absolute atomic E-state index is 11.7. The molecule has 0 bridgehead atoms. The molecule has 2 N–H and O–H groups in total. The highest BCUT2D eigenvalue weighted by atomic mass is 35.5. The standard InChI is InChI=1S/C14H17ClN4O2S/c1-10-4-5-11(8-13(10)15)17-14-7-6-12(9-16-14)18-22(20,21)19(2)3/h4-9,18H,1-3H3,(H,16,17). The molecule has 0 amide bonds. The number of halogens is 1. The molecule has 0 radical (unpaired) electrons. The molecule has 0 unspecified atom stereocenters. The fraction of sp³-hybridized carbons (Fsp3) is 0.214. The van der Waals surface area contributed by atoms with E-state index < -0.39 is 10.2 Å². The molecule has 1 heterocycles. The lowest BCUT2D eigenvalue weighted by Crippen LogP contribution is -2.28. The van der Waals surface area contributed by atoms with Gasteiger partial charge in [0, 0.05) is 24.8 Å². The zero-order valence-corrected chi connectivity index (χ0v) is 14.0. The molecule has 22 heavy (non-hydrogen) atoms. The van der Waals surface area contributed by atoms with E-state index in [9.17, 15) is 8.42 Å². The van der Waals surface area contributed by atoms with Crippen molar-refractivity contribution in [2.24, 2.45) is 0 Å². The number of rotatable bonds is 5. The van der Waals surface area contributed by atoms with Crippen LogP contribution in [0.15, 0.2) is 36.5 Å². The predicted molar refractivity (Wildman–Crippen MR) is 89.9 cm³/mol. The number of hydrogen-bond acceptors (Lipinski definition) is 4. The van der Waals surface area contributed by atoms with Gasteiger partial charge in [-0.05, 0) is 36.8 Å². The van der Waals surface area contributed by atoms with Crippen LogP contribution in [-0.4, -0.2) is 31.8 Å². The Kier molecular flexibility index (Phi) is 4.90. The van der Waals surface area contributed by atoms with Gasteiger partial charge >= 0.3 is 10.2 Å². The smallest absolute Gasteiger partial charge is 0.301 e. The van der Waals surface area contributed by atoms with Crippen LogP contribution >= 0.6 is 11.6 Å². The molecule has 0 atom stereocenters. The van der Waals surface area contributed by atoms with E-state index in [-0.39, 0.29) is 0 Å². The molecule has 2 aromatic rings. The van der Waals surface area contributed by atoms with E-state index in [0.29, 0.717) is 16.5 Å². The number of aromatic nitrogens is 1. The third-order valence-electron chi connectivity index (χ3n) is 2.94. The minimum atomic E-state index is -3.53. The first-order chi connectivity index (χ1) is 10.3. The molecule has 1 aromatic heterocycles. The molecule has 0 fully saturated rings. The van der Waals surface area contributed by atoms with E-state index in [1.165, 1.54) is 20.3 Å². The Balaban J connectivity index is 2.10. The van der Waals surface area contributed by atoms with Gasteiger partial charge in [-0.15, -0.1) is 0 Å². The molecule has 0 saturated carbocycles. The lowest BCUT2D eigenvalue weighted by Gasteiger charge is -2.13. The van der Waals surface area contributed by atoms with E-state index in [4.69, 9.17) is 11.6 Å². The first-order valence-corrected chi connectivity index (χ1v) is 8.29. The highest BCUT2D eigenvalue weighted by Gasteiger charge is 2.12. The predicted octanol–water partition coefficient (Wildman–Crippen LogP) is 3.01. The van der Waals surface area contributed by atoms with Crippen molar-refractivity contribution in [1.82, 2.24) is 9.29 Å². The Bertz CT molecular complexity index is 761. The number of anilines is 3. The minimum absolute atomic E-state index is 0.390. The fourth-order valence-corrected chi connectivity index (χ4v) is 2.37. The largest absolute Gasteiger partial charge is 0.340 e. The highest BCUT2D eigenvalue weighted by Crippen LogP contribution is 2.23. The molecule has 0 aliphatic carbocycles. The molecule has 0 aliphatic heterocycles. The normalized spacial score (nSPS) is 11.5. The summed E-state index contributed by atoms with van der Waals surface area (Å²) < 4.78 is 26.9. The van der Waals surface area contributed by atoms with Crippen molar-refractivity contribution in [3.05, 3.63) is 47.1 Å². The Labute approximate surface area is 135 Å². The van der Waals surface area contributed by atoms with Gasteiger partial charge < -0.3 is 5.32 Å². The summed E-state index contributed by atoms with van der Waals surface area (Å²) in [7, 11) is -0.625. The van der Waals surface area contributed by atoms with Crippen LogP contribution in [-0.2, 0) is 10.2 Å². The van der Waals surface area contributed by atoms with E-state index >= 15 is 0 Å². The monoisotopic (exact) mass is 340 g/mol. The highest BCUT2D eigenvalue weighted by molar-refractivity contribution is 7.90. The van der Waals surface area contributed by atoms with Crippen molar-refractivity contribution in [2.75, 3.05) is 24.1 Å². The van der Waals surface area contributed by atoms with Gasteiger partial charge in [-0.3, -0.25) is 4.72 Å². The summed E-state index contributed by atoms with van der Waals surface area (Å²) in [6, 6.07) is 8.92. The van der Waals surface area contributed by atoms with Crippen LogP contribution in [0.4, 0.5) is 17.2 Å². The third kappa shape index (κ3) is 4.09. The minimum Gasteiger partial charge on any atom is -0.340 e. The van der Waals surface area contributed by atoms with Crippen molar-refractivity contribution in [1.29, 1.82) is 0 Å². The van der Waals surface area contributed by atoms with Crippen LogP contribution in [0.1, 0.15) is 5.56 Å².